The van der Waals surface area contributed by atoms with Gasteiger partial charge in [0.05, 0.1) is 16.6 Å². The van der Waals surface area contributed by atoms with Crippen LogP contribution in [0, 0.1) is 6.92 Å². The molecule has 7 heteroatoms. The highest BCUT2D eigenvalue weighted by Gasteiger charge is 2.01. The number of aryl methyl sites for hydroxylation is 1. The maximum atomic E-state index is 6.01. The molecule has 116 valence electrons. The second-order valence-corrected chi connectivity index (χ2v) is 5.51. The highest BCUT2D eigenvalue weighted by atomic mass is 35.5. The second kappa shape index (κ2) is 7.87. The first-order valence-electron chi connectivity index (χ1n) is 6.73. The van der Waals surface area contributed by atoms with Crippen molar-refractivity contribution in [1.29, 1.82) is 0 Å². The van der Waals surface area contributed by atoms with Gasteiger partial charge < -0.3 is 16.4 Å². The van der Waals surface area contributed by atoms with E-state index in [-0.39, 0.29) is 0 Å². The molecular weight excluding hydrogens is 321 g/mol. The van der Waals surface area contributed by atoms with E-state index in [9.17, 15) is 0 Å². The molecule has 0 aliphatic heterocycles. The average Bonchev–Trinajstić information content (AvgIpc) is 2.48. The van der Waals surface area contributed by atoms with Crippen molar-refractivity contribution in [3.63, 3.8) is 0 Å². The molecule has 5 nitrogen and oxygen atoms in total. The van der Waals surface area contributed by atoms with Gasteiger partial charge in [0.1, 0.15) is 5.82 Å². The van der Waals surface area contributed by atoms with Gasteiger partial charge in [0.25, 0.3) is 0 Å². The lowest BCUT2D eigenvalue weighted by molar-refractivity contribution is 1.01. The summed E-state index contributed by atoms with van der Waals surface area (Å²) in [6, 6.07) is 9.55. The van der Waals surface area contributed by atoms with Gasteiger partial charge >= 0.3 is 0 Å². The Morgan fingerprint density at radius 1 is 1.27 bits per heavy atom. The van der Waals surface area contributed by atoms with Gasteiger partial charge in [0.15, 0.2) is 5.96 Å². The van der Waals surface area contributed by atoms with Crippen molar-refractivity contribution in [3.05, 3.63) is 52.1 Å². The molecule has 2 rings (SSSR count). The minimum Gasteiger partial charge on any atom is -0.370 e. The number of hydrogen-bond acceptors (Lipinski definition) is 3. The van der Waals surface area contributed by atoms with Crippen molar-refractivity contribution in [2.24, 2.45) is 10.7 Å². The highest BCUT2D eigenvalue weighted by Crippen LogP contribution is 2.22. The Balaban J connectivity index is 1.80. The summed E-state index contributed by atoms with van der Waals surface area (Å²) in [5, 5.41) is 7.08. The first-order valence-corrected chi connectivity index (χ1v) is 7.49. The van der Waals surface area contributed by atoms with Crippen LogP contribution in [0.4, 0.5) is 11.5 Å². The van der Waals surface area contributed by atoms with Crippen molar-refractivity contribution in [1.82, 2.24) is 4.98 Å². The molecule has 0 unspecified atom stereocenters. The van der Waals surface area contributed by atoms with Crippen LogP contribution in [-0.2, 0) is 0 Å². The van der Waals surface area contributed by atoms with E-state index in [1.165, 1.54) is 11.8 Å². The van der Waals surface area contributed by atoms with E-state index in [2.05, 4.69) is 20.6 Å². The third-order valence-corrected chi connectivity index (χ3v) is 3.31. The Labute approximate surface area is 139 Å². The summed E-state index contributed by atoms with van der Waals surface area (Å²) in [6.07, 6.45) is 1.53. The number of aliphatic imine (C=N–C) groups is 1. The minimum atomic E-state index is 0.362. The number of guanidine groups is 1. The Bertz CT molecular complexity index is 655. The monoisotopic (exact) mass is 337 g/mol. The molecule has 0 atom stereocenters. The van der Waals surface area contributed by atoms with Gasteiger partial charge in [-0.15, -0.1) is 0 Å². The molecule has 0 saturated carbocycles. The van der Waals surface area contributed by atoms with E-state index in [0.717, 1.165) is 5.69 Å². The van der Waals surface area contributed by atoms with E-state index in [4.69, 9.17) is 28.9 Å². The third-order valence-electron chi connectivity index (χ3n) is 2.82. The molecule has 0 amide bonds. The first-order chi connectivity index (χ1) is 10.5. The van der Waals surface area contributed by atoms with Crippen LogP contribution in [0.2, 0.25) is 10.0 Å². The Morgan fingerprint density at radius 2 is 2.00 bits per heavy atom. The molecule has 0 aliphatic rings. The van der Waals surface area contributed by atoms with Gasteiger partial charge in [-0.05, 0) is 25.1 Å². The maximum absolute atomic E-state index is 6.01. The van der Waals surface area contributed by atoms with Gasteiger partial charge in [-0.1, -0.05) is 40.9 Å². The van der Waals surface area contributed by atoms with Gasteiger partial charge in [-0.25, -0.2) is 4.98 Å². The number of aromatic nitrogens is 1. The van der Waals surface area contributed by atoms with E-state index >= 15 is 0 Å². The summed E-state index contributed by atoms with van der Waals surface area (Å²) in [6.45, 7) is 3.08. The van der Waals surface area contributed by atoms with Crippen molar-refractivity contribution < 1.29 is 0 Å². The van der Waals surface area contributed by atoms with Crippen molar-refractivity contribution in [3.8, 4) is 0 Å². The van der Waals surface area contributed by atoms with Crippen LogP contribution >= 0.6 is 23.2 Å². The third kappa shape index (κ3) is 5.09. The molecule has 0 radical (unpaired) electrons. The van der Waals surface area contributed by atoms with Crippen LogP contribution in [0.1, 0.15) is 5.56 Å². The smallest absolute Gasteiger partial charge is 0.193 e. The number of nitrogens with two attached hydrogens (primary N) is 1. The number of benzene rings is 1. The van der Waals surface area contributed by atoms with Gasteiger partial charge in [-0.3, -0.25) is 4.99 Å². The lowest BCUT2D eigenvalue weighted by atomic mass is 10.2. The van der Waals surface area contributed by atoms with Gasteiger partial charge in [-0.2, -0.15) is 0 Å². The molecule has 0 saturated heterocycles. The number of hydrogen-bond donors (Lipinski definition) is 3. The van der Waals surface area contributed by atoms with Crippen LogP contribution in [0.25, 0.3) is 0 Å². The molecule has 0 bridgehead atoms. The quantitative estimate of drug-likeness (QED) is 0.443. The Morgan fingerprint density at radius 3 is 2.68 bits per heavy atom. The normalized spacial score (nSPS) is 11.3. The molecule has 4 N–H and O–H groups in total. The molecule has 22 heavy (non-hydrogen) atoms. The molecule has 0 spiro atoms. The Kier molecular flexibility index (Phi) is 5.86. The van der Waals surface area contributed by atoms with Crippen molar-refractivity contribution in [2.45, 2.75) is 6.92 Å². The van der Waals surface area contributed by atoms with E-state index < -0.39 is 0 Å². The summed E-state index contributed by atoms with van der Waals surface area (Å²) < 4.78 is 0. The highest BCUT2D eigenvalue weighted by molar-refractivity contribution is 6.35. The number of pyridine rings is 1. The maximum Gasteiger partial charge on any atom is 0.193 e. The fourth-order valence-electron chi connectivity index (χ4n) is 1.72. The topological polar surface area (TPSA) is 75.3 Å². The number of nitrogens with one attached hydrogen (secondary N) is 2. The zero-order chi connectivity index (χ0) is 15.9. The first kappa shape index (κ1) is 16.4. The average molecular weight is 338 g/mol. The summed E-state index contributed by atoms with van der Waals surface area (Å²) >= 11 is 11.8. The van der Waals surface area contributed by atoms with Crippen LogP contribution in [0.3, 0.4) is 0 Å². The summed E-state index contributed by atoms with van der Waals surface area (Å²) in [5.41, 5.74) is 7.92. The standard InChI is InChI=1S/C15H17Cl2N5/c1-10-2-4-12(5-3-10)22-15(18)20-7-6-19-14-13(17)8-11(16)9-21-14/h2-5,8-9H,6-7H2,1H3,(H,19,21)(H3,18,20,22). The SMILES string of the molecule is Cc1ccc(NC(N)=NCCNc2ncc(Cl)cc2Cl)cc1. The molecule has 1 aromatic heterocycles. The lowest BCUT2D eigenvalue weighted by Gasteiger charge is -2.07. The van der Waals surface area contributed by atoms with Crippen molar-refractivity contribution in [2.75, 3.05) is 23.7 Å². The minimum absolute atomic E-state index is 0.362. The zero-order valence-electron chi connectivity index (χ0n) is 12.1. The second-order valence-electron chi connectivity index (χ2n) is 4.67. The fraction of sp³-hybridized carbons (Fsp3) is 0.200. The molecule has 2 aromatic rings. The van der Waals surface area contributed by atoms with Crippen LogP contribution in [0.15, 0.2) is 41.5 Å². The molecule has 1 heterocycles. The summed E-state index contributed by atoms with van der Waals surface area (Å²) in [5.74, 6) is 0.937. The molecule has 1 aromatic carbocycles. The van der Waals surface area contributed by atoms with Crippen LogP contribution in [0.5, 0.6) is 0 Å². The van der Waals surface area contributed by atoms with E-state index in [1.807, 2.05) is 31.2 Å². The molecule has 0 aliphatic carbocycles. The van der Waals surface area contributed by atoms with Gasteiger partial charge in [0, 0.05) is 18.4 Å². The van der Waals surface area contributed by atoms with E-state index in [1.54, 1.807) is 6.07 Å². The number of anilines is 2. The summed E-state index contributed by atoms with van der Waals surface area (Å²) in [4.78, 5) is 8.33. The number of rotatable bonds is 5. The summed E-state index contributed by atoms with van der Waals surface area (Å²) in [7, 11) is 0. The predicted molar refractivity (Wildman–Crippen MR) is 94.0 cm³/mol. The lowest BCUT2D eigenvalue weighted by Crippen LogP contribution is -2.23. The van der Waals surface area contributed by atoms with Gasteiger partial charge in [0.2, 0.25) is 0 Å². The van der Waals surface area contributed by atoms with Crippen molar-refractivity contribution >= 4 is 40.7 Å². The number of nitrogens with zero attached hydrogens (tertiary/aromatic N) is 2. The largest absolute Gasteiger partial charge is 0.370 e. The number of halogens is 2. The Hall–Kier alpha value is -1.98. The van der Waals surface area contributed by atoms with E-state index in [0.29, 0.717) is 34.9 Å². The molecule has 0 fully saturated rings. The predicted octanol–water partition coefficient (Wildman–Crippen LogP) is 3.54. The van der Waals surface area contributed by atoms with Crippen LogP contribution in [-0.4, -0.2) is 24.0 Å². The van der Waals surface area contributed by atoms with Crippen LogP contribution < -0.4 is 16.4 Å². The zero-order valence-corrected chi connectivity index (χ0v) is 13.6. The fourth-order valence-corrected chi connectivity index (χ4v) is 2.17. The molecular formula is C15H17Cl2N5.